The van der Waals surface area contributed by atoms with Crippen molar-refractivity contribution in [3.8, 4) is 0 Å². The summed E-state index contributed by atoms with van der Waals surface area (Å²) < 4.78 is 0. The van der Waals surface area contributed by atoms with Crippen molar-refractivity contribution in [2.45, 2.75) is 25.2 Å². The fourth-order valence-corrected chi connectivity index (χ4v) is 6.51. The highest BCUT2D eigenvalue weighted by Gasteiger charge is 2.47. The summed E-state index contributed by atoms with van der Waals surface area (Å²) in [5.74, 6) is -0.261. The number of non-ortho nitro benzene ring substituents is 1. The number of pyridine rings is 1. The Bertz CT molecular complexity index is 1950. The van der Waals surface area contributed by atoms with Crippen molar-refractivity contribution >= 4 is 56.7 Å². The van der Waals surface area contributed by atoms with Crippen molar-refractivity contribution in [1.82, 2.24) is 19.9 Å². The highest BCUT2D eigenvalue weighted by Crippen LogP contribution is 2.48. The number of nitrogens with one attached hydrogen (secondary N) is 1. The first-order valence-electron chi connectivity index (χ1n) is 13.6. The Labute approximate surface area is 245 Å². The molecule has 2 aliphatic rings. The van der Waals surface area contributed by atoms with Gasteiger partial charge in [0, 0.05) is 59.5 Å². The molecule has 1 N–H and O–H groups in total. The van der Waals surface area contributed by atoms with Crippen LogP contribution in [0.1, 0.15) is 44.9 Å². The minimum atomic E-state index is -0.479. The molecule has 1 fully saturated rings. The number of nitro benzene ring substituents is 1. The van der Waals surface area contributed by atoms with Crippen molar-refractivity contribution in [3.63, 3.8) is 0 Å². The predicted octanol–water partition coefficient (Wildman–Crippen LogP) is 5.82. The van der Waals surface area contributed by atoms with Crippen LogP contribution in [0.15, 0.2) is 66.9 Å². The molecule has 0 unspecified atom stereocenters. The Kier molecular flexibility index (Phi) is 5.98. The quantitative estimate of drug-likeness (QED) is 0.212. The number of imidazole rings is 1. The van der Waals surface area contributed by atoms with Gasteiger partial charge in [-0.1, -0.05) is 35.4 Å². The van der Waals surface area contributed by atoms with Gasteiger partial charge in [-0.2, -0.15) is 0 Å². The van der Waals surface area contributed by atoms with Crippen LogP contribution in [0.5, 0.6) is 0 Å². The van der Waals surface area contributed by atoms with Gasteiger partial charge in [0.25, 0.3) is 17.5 Å². The van der Waals surface area contributed by atoms with Crippen LogP contribution >= 0.6 is 11.6 Å². The van der Waals surface area contributed by atoms with E-state index < -0.39 is 4.92 Å². The van der Waals surface area contributed by atoms with E-state index in [4.69, 9.17) is 11.6 Å². The molecule has 42 heavy (non-hydrogen) atoms. The van der Waals surface area contributed by atoms with E-state index in [2.05, 4.69) is 21.0 Å². The second-order valence-electron chi connectivity index (χ2n) is 11.1. The van der Waals surface area contributed by atoms with Crippen LogP contribution in [0, 0.1) is 17.0 Å². The van der Waals surface area contributed by atoms with Crippen LogP contribution in [0.2, 0.25) is 5.02 Å². The number of piperidine rings is 1. The maximum Gasteiger partial charge on any atom is 0.294 e. The number of nitrogens with zero attached hydrogens (tertiary/aromatic N) is 5. The highest BCUT2D eigenvalue weighted by atomic mass is 35.5. The Morgan fingerprint density at radius 3 is 2.62 bits per heavy atom. The van der Waals surface area contributed by atoms with Crippen LogP contribution in [0.25, 0.3) is 21.9 Å². The number of amides is 2. The van der Waals surface area contributed by atoms with Gasteiger partial charge in [-0.05, 0) is 55.7 Å². The largest absolute Gasteiger partial charge is 0.339 e. The predicted molar refractivity (Wildman–Crippen MR) is 159 cm³/mol. The third-order valence-corrected chi connectivity index (χ3v) is 8.86. The van der Waals surface area contributed by atoms with Gasteiger partial charge in [0.15, 0.2) is 5.82 Å². The molecule has 210 valence electrons. The molecular weight excluding hydrogens is 556 g/mol. The number of nitro groups is 1. The van der Waals surface area contributed by atoms with Gasteiger partial charge < -0.3 is 14.8 Å². The number of benzene rings is 3. The van der Waals surface area contributed by atoms with Crippen molar-refractivity contribution in [1.29, 1.82) is 0 Å². The molecule has 5 aromatic rings. The summed E-state index contributed by atoms with van der Waals surface area (Å²) in [5.41, 5.74) is 4.77. The molecule has 2 aliphatic heterocycles. The average molecular weight is 581 g/mol. The number of likely N-dealkylation sites (tertiary alicyclic amines) is 1. The summed E-state index contributed by atoms with van der Waals surface area (Å²) in [6.45, 7) is 3.55. The van der Waals surface area contributed by atoms with Gasteiger partial charge in [0.2, 0.25) is 0 Å². The topological polar surface area (TPSA) is 125 Å². The van der Waals surface area contributed by atoms with E-state index >= 15 is 0 Å². The minimum absolute atomic E-state index is 0.0741. The number of halogens is 1. The number of anilines is 1. The lowest BCUT2D eigenvalue weighted by Crippen LogP contribution is -2.48. The van der Waals surface area contributed by atoms with E-state index in [0.29, 0.717) is 54.1 Å². The third kappa shape index (κ3) is 4.18. The molecule has 7 rings (SSSR count). The molecule has 2 amide bonds. The number of rotatable bonds is 3. The summed E-state index contributed by atoms with van der Waals surface area (Å²) >= 11 is 6.36. The number of aromatic amines is 1. The molecule has 2 aromatic heterocycles. The summed E-state index contributed by atoms with van der Waals surface area (Å²) in [6.07, 6.45) is 2.97. The Balaban J connectivity index is 1.15. The maximum absolute atomic E-state index is 13.8. The fraction of sp³-hybridized carbons (Fsp3) is 0.226. The normalized spacial score (nSPS) is 15.9. The number of aryl methyl sites for hydroxylation is 1. The number of hydrogen-bond acceptors (Lipinski definition) is 6. The van der Waals surface area contributed by atoms with Crippen LogP contribution in [-0.4, -0.2) is 56.2 Å². The lowest BCUT2D eigenvalue weighted by atomic mass is 9.74. The first-order chi connectivity index (χ1) is 20.2. The Hall–Kier alpha value is -4.83. The van der Waals surface area contributed by atoms with E-state index in [0.717, 1.165) is 27.7 Å². The maximum atomic E-state index is 13.8. The molecule has 10 nitrogen and oxygen atoms in total. The van der Waals surface area contributed by atoms with Crippen molar-refractivity contribution < 1.29 is 14.5 Å². The minimum Gasteiger partial charge on any atom is -0.339 e. The molecule has 11 heteroatoms. The molecule has 1 spiro atoms. The molecule has 0 bridgehead atoms. The van der Waals surface area contributed by atoms with Crippen molar-refractivity contribution in [2.75, 3.05) is 24.5 Å². The molecule has 0 atom stereocenters. The SMILES string of the molecule is Cc1ccc2c(c1)C1(CCN(C(=O)c3cnc4cccc(Cl)c4c3)CC1)CN2C(=O)c1nc2ccc([N+](=O)[O-])cc2[nH]1. The van der Waals surface area contributed by atoms with E-state index in [9.17, 15) is 19.7 Å². The standard InChI is InChI=1S/C31H25ClN6O4/c1-18-5-8-27-22(13-18)31(17-37(27)30(40)28-34-25-7-6-20(38(41)42)15-26(25)35-28)9-11-36(12-10-31)29(39)19-14-21-23(32)3-2-4-24(21)33-16-19/h2-8,13-16H,9-12,17H2,1H3,(H,34,35). The molecular formula is C31H25ClN6O4. The Morgan fingerprint density at radius 1 is 1.02 bits per heavy atom. The van der Waals surface area contributed by atoms with Crippen LogP contribution in [0.3, 0.4) is 0 Å². The van der Waals surface area contributed by atoms with Crippen LogP contribution in [-0.2, 0) is 5.41 Å². The van der Waals surface area contributed by atoms with E-state index in [1.54, 1.807) is 23.2 Å². The molecule has 0 aliphatic carbocycles. The van der Waals surface area contributed by atoms with Crippen molar-refractivity contribution in [2.24, 2.45) is 0 Å². The summed E-state index contributed by atoms with van der Waals surface area (Å²) in [4.78, 5) is 53.5. The number of carbonyl (C=O) groups is 2. The lowest BCUT2D eigenvalue weighted by molar-refractivity contribution is -0.384. The van der Waals surface area contributed by atoms with Crippen LogP contribution in [0.4, 0.5) is 11.4 Å². The number of aromatic nitrogens is 3. The first-order valence-corrected chi connectivity index (χ1v) is 14.0. The molecule has 4 heterocycles. The zero-order valence-electron chi connectivity index (χ0n) is 22.6. The number of hydrogen-bond donors (Lipinski definition) is 1. The zero-order chi connectivity index (χ0) is 29.2. The highest BCUT2D eigenvalue weighted by molar-refractivity contribution is 6.35. The molecule has 1 saturated heterocycles. The Morgan fingerprint density at radius 2 is 1.83 bits per heavy atom. The van der Waals surface area contributed by atoms with Gasteiger partial charge in [0.1, 0.15) is 0 Å². The van der Waals surface area contributed by atoms with Crippen LogP contribution < -0.4 is 4.90 Å². The second kappa shape index (κ2) is 9.63. The van der Waals surface area contributed by atoms with E-state index in [1.165, 1.54) is 18.2 Å². The second-order valence-corrected chi connectivity index (χ2v) is 11.5. The third-order valence-electron chi connectivity index (χ3n) is 8.53. The monoisotopic (exact) mass is 580 g/mol. The van der Waals surface area contributed by atoms with E-state index in [-0.39, 0.29) is 28.7 Å². The summed E-state index contributed by atoms with van der Waals surface area (Å²) in [7, 11) is 0. The fourth-order valence-electron chi connectivity index (χ4n) is 6.28. The molecule has 3 aromatic carbocycles. The van der Waals surface area contributed by atoms with E-state index in [1.807, 2.05) is 36.1 Å². The van der Waals surface area contributed by atoms with Gasteiger partial charge >= 0.3 is 0 Å². The van der Waals surface area contributed by atoms with Gasteiger partial charge in [-0.25, -0.2) is 4.98 Å². The lowest BCUT2D eigenvalue weighted by Gasteiger charge is -2.40. The smallest absolute Gasteiger partial charge is 0.294 e. The van der Waals surface area contributed by atoms with Gasteiger partial charge in [-0.3, -0.25) is 24.7 Å². The van der Waals surface area contributed by atoms with Gasteiger partial charge in [-0.15, -0.1) is 0 Å². The number of H-pyrrole nitrogens is 1. The summed E-state index contributed by atoms with van der Waals surface area (Å²) in [5, 5.41) is 12.5. The summed E-state index contributed by atoms with van der Waals surface area (Å²) in [6, 6.07) is 17.7. The zero-order valence-corrected chi connectivity index (χ0v) is 23.4. The van der Waals surface area contributed by atoms with Crippen molar-refractivity contribution in [3.05, 3.63) is 105 Å². The molecule has 0 radical (unpaired) electrons. The first kappa shape index (κ1) is 26.1. The average Bonchev–Trinajstić information content (AvgIpc) is 3.56. The van der Waals surface area contributed by atoms with Gasteiger partial charge in [0.05, 0.1) is 27.0 Å². The number of carbonyl (C=O) groups excluding carboxylic acids is 2. The molecule has 0 saturated carbocycles. The number of fused-ring (bicyclic) bond motifs is 4.